The summed E-state index contributed by atoms with van der Waals surface area (Å²) in [6, 6.07) is 7.07. The molecule has 0 spiro atoms. The highest BCUT2D eigenvalue weighted by Crippen LogP contribution is 2.28. The number of carboxylic acids is 1. The third kappa shape index (κ3) is 5.27. The first-order valence-electron chi connectivity index (χ1n) is 8.08. The van der Waals surface area contributed by atoms with Crippen LogP contribution in [0.5, 0.6) is 0 Å². The van der Waals surface area contributed by atoms with E-state index in [4.69, 9.17) is 0 Å². The number of hydrogen-bond donors (Lipinski definition) is 3. The molecule has 0 aliphatic rings. The van der Waals surface area contributed by atoms with Crippen molar-refractivity contribution in [2.24, 2.45) is 5.10 Å². The number of hydrazone groups is 1. The number of carbonyl (C=O) groups is 1. The Kier molecular flexibility index (Phi) is 6.19. The van der Waals surface area contributed by atoms with Gasteiger partial charge in [0.15, 0.2) is 0 Å². The molecule has 2 aromatic carbocycles. The van der Waals surface area contributed by atoms with Crippen molar-refractivity contribution in [1.82, 2.24) is 0 Å². The number of non-ortho nitro benzene ring substituents is 1. The van der Waals surface area contributed by atoms with Gasteiger partial charge in [-0.25, -0.2) is 4.79 Å². The number of benzene rings is 2. The van der Waals surface area contributed by atoms with Gasteiger partial charge in [0.25, 0.3) is 15.8 Å². The van der Waals surface area contributed by atoms with Crippen LogP contribution < -0.4 is 10.5 Å². The number of anilines is 2. The van der Waals surface area contributed by atoms with Gasteiger partial charge in [0, 0.05) is 17.8 Å². The topological polar surface area (TPSA) is 162 Å². The average Bonchev–Trinajstić information content (AvgIpc) is 2.60. The summed E-state index contributed by atoms with van der Waals surface area (Å²) in [7, 11) is -4.60. The number of nitro groups is 1. The highest BCUT2D eigenvalue weighted by molar-refractivity contribution is 7.85. The molecule has 0 amide bonds. The largest absolute Gasteiger partial charge is 0.478 e. The van der Waals surface area contributed by atoms with E-state index in [-0.39, 0.29) is 11.4 Å². The van der Waals surface area contributed by atoms with E-state index in [0.29, 0.717) is 17.0 Å². The van der Waals surface area contributed by atoms with Gasteiger partial charge in [-0.2, -0.15) is 18.6 Å². The number of hydrogen-bond acceptors (Lipinski definition) is 8. The quantitative estimate of drug-likeness (QED) is 0.263. The van der Waals surface area contributed by atoms with Gasteiger partial charge >= 0.3 is 5.97 Å². The first kappa shape index (κ1) is 21.8. The molecule has 0 radical (unpaired) electrons. The molecule has 0 unspecified atom stereocenters. The number of nitro benzene ring substituents is 1. The molecule has 154 valence electrons. The lowest BCUT2D eigenvalue weighted by atomic mass is 10.1. The molecule has 0 aliphatic carbocycles. The SMILES string of the molecule is CC(C)=NN(Nc1ccc([N+](=O)[O-])cc1C)c1ccc(S(=O)(=O)O)cc1C(=O)O. The van der Waals surface area contributed by atoms with Gasteiger partial charge in [-0.1, -0.05) is 0 Å². The molecule has 0 saturated carbocycles. The van der Waals surface area contributed by atoms with Crippen molar-refractivity contribution >= 4 is 38.9 Å². The van der Waals surface area contributed by atoms with E-state index >= 15 is 0 Å². The summed E-state index contributed by atoms with van der Waals surface area (Å²) in [5, 5.41) is 25.7. The van der Waals surface area contributed by atoms with E-state index in [0.717, 1.165) is 17.3 Å². The molecule has 3 N–H and O–H groups in total. The van der Waals surface area contributed by atoms with Crippen molar-refractivity contribution in [1.29, 1.82) is 0 Å². The number of aromatic carboxylic acids is 1. The van der Waals surface area contributed by atoms with Gasteiger partial charge in [0.2, 0.25) is 0 Å². The van der Waals surface area contributed by atoms with E-state index in [2.05, 4.69) is 10.5 Å². The molecule has 0 heterocycles. The van der Waals surface area contributed by atoms with Crippen LogP contribution in [-0.2, 0) is 10.1 Å². The monoisotopic (exact) mass is 422 g/mol. The van der Waals surface area contributed by atoms with E-state index in [1.54, 1.807) is 20.8 Å². The second-order valence-electron chi connectivity index (χ2n) is 6.19. The van der Waals surface area contributed by atoms with E-state index in [9.17, 15) is 33.0 Å². The Morgan fingerprint density at radius 1 is 1.21 bits per heavy atom. The molecule has 0 saturated heterocycles. The molecule has 0 aromatic heterocycles. The van der Waals surface area contributed by atoms with E-state index in [1.165, 1.54) is 24.3 Å². The number of nitrogens with one attached hydrogen (secondary N) is 1. The van der Waals surface area contributed by atoms with Crippen molar-refractivity contribution in [3.05, 3.63) is 57.6 Å². The number of rotatable bonds is 7. The molecule has 12 heteroatoms. The Bertz CT molecular complexity index is 1110. The Balaban J connectivity index is 2.58. The maximum absolute atomic E-state index is 11.7. The number of hydrazine groups is 1. The van der Waals surface area contributed by atoms with Crippen molar-refractivity contribution < 1.29 is 27.8 Å². The van der Waals surface area contributed by atoms with Gasteiger partial charge in [0.1, 0.15) is 0 Å². The fourth-order valence-electron chi connectivity index (χ4n) is 2.37. The van der Waals surface area contributed by atoms with Crippen LogP contribution in [0.1, 0.15) is 29.8 Å². The Morgan fingerprint density at radius 3 is 2.34 bits per heavy atom. The van der Waals surface area contributed by atoms with Crippen LogP contribution in [0.15, 0.2) is 46.4 Å². The smallest absolute Gasteiger partial charge is 0.338 e. The highest BCUT2D eigenvalue weighted by Gasteiger charge is 2.21. The fourth-order valence-corrected chi connectivity index (χ4v) is 2.88. The molecule has 0 atom stereocenters. The summed E-state index contributed by atoms with van der Waals surface area (Å²) in [6.45, 7) is 4.93. The third-order valence-corrected chi connectivity index (χ3v) is 4.52. The first-order valence-corrected chi connectivity index (χ1v) is 9.52. The lowest BCUT2D eigenvalue weighted by Crippen LogP contribution is -2.27. The van der Waals surface area contributed by atoms with Gasteiger partial charge in [0.05, 0.1) is 26.8 Å². The summed E-state index contributed by atoms with van der Waals surface area (Å²) >= 11 is 0. The van der Waals surface area contributed by atoms with Crippen LogP contribution in [-0.4, -0.2) is 34.7 Å². The Labute approximate surface area is 166 Å². The second kappa shape index (κ2) is 8.24. The Morgan fingerprint density at radius 2 is 1.86 bits per heavy atom. The van der Waals surface area contributed by atoms with E-state index < -0.39 is 31.5 Å². The summed E-state index contributed by atoms with van der Waals surface area (Å²) in [5.74, 6) is -1.44. The molecular formula is C17H18N4O7S. The summed E-state index contributed by atoms with van der Waals surface area (Å²) in [4.78, 5) is 21.5. The van der Waals surface area contributed by atoms with Crippen LogP contribution in [0.2, 0.25) is 0 Å². The van der Waals surface area contributed by atoms with Crippen LogP contribution in [0.25, 0.3) is 0 Å². The second-order valence-corrected chi connectivity index (χ2v) is 7.61. The minimum atomic E-state index is -4.60. The molecule has 0 bridgehead atoms. The Hall–Kier alpha value is -3.51. The zero-order valence-electron chi connectivity index (χ0n) is 15.6. The van der Waals surface area contributed by atoms with Crippen LogP contribution >= 0.6 is 0 Å². The first-order chi connectivity index (χ1) is 13.4. The normalized spacial score (nSPS) is 10.9. The van der Waals surface area contributed by atoms with Crippen molar-refractivity contribution in [3.63, 3.8) is 0 Å². The van der Waals surface area contributed by atoms with Crippen LogP contribution in [0, 0.1) is 17.0 Å². The minimum Gasteiger partial charge on any atom is -0.478 e. The zero-order chi connectivity index (χ0) is 21.9. The number of carboxylic acid groups (broad SMARTS) is 1. The average molecular weight is 422 g/mol. The molecule has 0 aliphatic heterocycles. The molecular weight excluding hydrogens is 404 g/mol. The van der Waals surface area contributed by atoms with Crippen molar-refractivity contribution in [2.75, 3.05) is 10.5 Å². The lowest BCUT2D eigenvalue weighted by molar-refractivity contribution is -0.384. The van der Waals surface area contributed by atoms with Gasteiger partial charge in [-0.3, -0.25) is 20.1 Å². The number of nitrogens with zero attached hydrogens (tertiary/aromatic N) is 3. The standard InChI is InChI=1S/C17H18N4O7S/c1-10(2)18-20(19-15-6-4-12(21(24)25)8-11(15)3)16-7-5-13(29(26,27)28)9-14(16)17(22)23/h4-9,19H,1-3H3,(H,22,23)(H,26,27,28). The highest BCUT2D eigenvalue weighted by atomic mass is 32.2. The summed E-state index contributed by atoms with van der Waals surface area (Å²) in [6.07, 6.45) is 0. The molecule has 29 heavy (non-hydrogen) atoms. The maximum Gasteiger partial charge on any atom is 0.338 e. The van der Waals surface area contributed by atoms with Gasteiger partial charge in [-0.15, -0.1) is 0 Å². The van der Waals surface area contributed by atoms with Gasteiger partial charge in [-0.05, 0) is 50.6 Å². The maximum atomic E-state index is 11.7. The molecule has 2 rings (SSSR count). The van der Waals surface area contributed by atoms with Crippen LogP contribution in [0.4, 0.5) is 17.1 Å². The lowest BCUT2D eigenvalue weighted by Gasteiger charge is -2.24. The van der Waals surface area contributed by atoms with E-state index in [1.807, 2.05) is 0 Å². The summed E-state index contributed by atoms with van der Waals surface area (Å²) < 4.78 is 31.9. The minimum absolute atomic E-state index is 0.0103. The molecule has 2 aromatic rings. The predicted octanol–water partition coefficient (Wildman–Crippen LogP) is 3.08. The van der Waals surface area contributed by atoms with Crippen LogP contribution in [0.3, 0.4) is 0 Å². The summed E-state index contributed by atoms with van der Waals surface area (Å²) in [5.41, 5.74) is 3.75. The third-order valence-electron chi connectivity index (χ3n) is 3.67. The zero-order valence-corrected chi connectivity index (χ0v) is 16.5. The predicted molar refractivity (Wildman–Crippen MR) is 106 cm³/mol. The number of aryl methyl sites for hydroxylation is 1. The molecule has 11 nitrogen and oxygen atoms in total. The molecule has 0 fully saturated rings. The van der Waals surface area contributed by atoms with Crippen molar-refractivity contribution in [2.45, 2.75) is 25.7 Å². The van der Waals surface area contributed by atoms with Gasteiger partial charge < -0.3 is 5.11 Å². The van der Waals surface area contributed by atoms with Crippen molar-refractivity contribution in [3.8, 4) is 0 Å². The fraction of sp³-hybridized carbons (Fsp3) is 0.176.